The first kappa shape index (κ1) is 13.9. The smallest absolute Gasteiger partial charge is 0.242 e. The number of methoxy groups -OCH3 is 1. The number of hydrogen-bond donors (Lipinski definition) is 2. The van der Waals surface area contributed by atoms with Gasteiger partial charge >= 0.3 is 0 Å². The van der Waals surface area contributed by atoms with E-state index >= 15 is 0 Å². The van der Waals surface area contributed by atoms with E-state index in [9.17, 15) is 0 Å². The van der Waals surface area contributed by atoms with Gasteiger partial charge in [-0.25, -0.2) is 4.98 Å². The van der Waals surface area contributed by atoms with Gasteiger partial charge < -0.3 is 20.5 Å². The summed E-state index contributed by atoms with van der Waals surface area (Å²) >= 11 is 0. The maximum atomic E-state index is 6.01. The Morgan fingerprint density at radius 3 is 2.89 bits per heavy atom. The molecule has 1 fully saturated rings. The highest BCUT2D eigenvalue weighted by molar-refractivity contribution is 5.67. The Kier molecular flexibility index (Phi) is 4.42. The molecule has 1 saturated heterocycles. The zero-order valence-electron chi connectivity index (χ0n) is 11.8. The third-order valence-electron chi connectivity index (χ3n) is 3.33. The van der Waals surface area contributed by atoms with Gasteiger partial charge in [0.15, 0.2) is 11.6 Å². The van der Waals surface area contributed by atoms with Gasteiger partial charge in [0, 0.05) is 12.6 Å². The lowest BCUT2D eigenvalue weighted by Gasteiger charge is -2.18. The summed E-state index contributed by atoms with van der Waals surface area (Å²) in [5.74, 6) is 1.69. The van der Waals surface area contributed by atoms with Crippen molar-refractivity contribution in [3.05, 3.63) is 5.82 Å². The second kappa shape index (κ2) is 6.06. The standard InChI is InChI=1S/C13H22N4O2/c1-4-8(2)15-12-10(14)13(18-3)17-11(16-12)9-6-5-7-19-9/h8-9H,4-7,14H2,1-3H3,(H,15,16,17). The van der Waals surface area contributed by atoms with Crippen molar-refractivity contribution in [3.63, 3.8) is 0 Å². The van der Waals surface area contributed by atoms with Crippen LogP contribution in [0.2, 0.25) is 0 Å². The summed E-state index contributed by atoms with van der Waals surface area (Å²) in [5.41, 5.74) is 6.46. The van der Waals surface area contributed by atoms with Crippen molar-refractivity contribution in [1.82, 2.24) is 9.97 Å². The molecule has 2 unspecified atom stereocenters. The SMILES string of the molecule is CCC(C)Nc1nc(C2CCCO2)nc(OC)c1N. The number of ether oxygens (including phenoxy) is 2. The van der Waals surface area contributed by atoms with Gasteiger partial charge in [-0.3, -0.25) is 0 Å². The van der Waals surface area contributed by atoms with E-state index in [0.717, 1.165) is 25.9 Å². The van der Waals surface area contributed by atoms with E-state index in [1.807, 2.05) is 0 Å². The van der Waals surface area contributed by atoms with Crippen molar-refractivity contribution in [1.29, 1.82) is 0 Å². The Hall–Kier alpha value is -1.56. The van der Waals surface area contributed by atoms with Gasteiger partial charge in [-0.2, -0.15) is 4.98 Å². The van der Waals surface area contributed by atoms with Crippen LogP contribution in [0, 0.1) is 0 Å². The van der Waals surface area contributed by atoms with Crippen LogP contribution in [0.25, 0.3) is 0 Å². The molecule has 0 aliphatic carbocycles. The molecule has 106 valence electrons. The number of hydrogen-bond acceptors (Lipinski definition) is 6. The van der Waals surface area contributed by atoms with Gasteiger partial charge in [0.2, 0.25) is 5.88 Å². The van der Waals surface area contributed by atoms with Crippen LogP contribution in [0.3, 0.4) is 0 Å². The van der Waals surface area contributed by atoms with E-state index in [4.69, 9.17) is 15.2 Å². The van der Waals surface area contributed by atoms with Crippen molar-refractivity contribution in [2.24, 2.45) is 0 Å². The molecule has 6 heteroatoms. The average molecular weight is 266 g/mol. The molecule has 2 rings (SSSR count). The summed E-state index contributed by atoms with van der Waals surface area (Å²) in [6.45, 7) is 4.95. The number of nitrogens with two attached hydrogens (primary N) is 1. The Morgan fingerprint density at radius 1 is 1.53 bits per heavy atom. The predicted octanol–water partition coefficient (Wildman–Crippen LogP) is 2.13. The maximum Gasteiger partial charge on any atom is 0.242 e. The Labute approximate surface area is 113 Å². The fourth-order valence-electron chi connectivity index (χ4n) is 1.99. The van der Waals surface area contributed by atoms with E-state index in [0.29, 0.717) is 29.3 Å². The van der Waals surface area contributed by atoms with Crippen LogP contribution in [0.4, 0.5) is 11.5 Å². The Morgan fingerprint density at radius 2 is 2.32 bits per heavy atom. The topological polar surface area (TPSA) is 82.3 Å². The minimum absolute atomic E-state index is 0.0491. The third-order valence-corrected chi connectivity index (χ3v) is 3.33. The van der Waals surface area contributed by atoms with Crippen LogP contribution in [0.15, 0.2) is 0 Å². The molecule has 0 bridgehead atoms. The van der Waals surface area contributed by atoms with Crippen molar-refractivity contribution in [3.8, 4) is 5.88 Å². The Bertz CT molecular complexity index is 433. The minimum atomic E-state index is -0.0491. The van der Waals surface area contributed by atoms with Gasteiger partial charge in [-0.05, 0) is 26.2 Å². The maximum absolute atomic E-state index is 6.01. The quantitative estimate of drug-likeness (QED) is 0.849. The molecule has 6 nitrogen and oxygen atoms in total. The second-order valence-electron chi connectivity index (χ2n) is 4.81. The van der Waals surface area contributed by atoms with E-state index in [1.54, 1.807) is 7.11 Å². The highest BCUT2D eigenvalue weighted by Crippen LogP contribution is 2.32. The normalized spacial score (nSPS) is 20.3. The summed E-state index contributed by atoms with van der Waals surface area (Å²) in [6, 6.07) is 0.291. The molecule has 1 aromatic heterocycles. The highest BCUT2D eigenvalue weighted by atomic mass is 16.5. The summed E-state index contributed by atoms with van der Waals surface area (Å²) in [5, 5.41) is 3.29. The molecule has 0 amide bonds. The van der Waals surface area contributed by atoms with E-state index in [2.05, 4.69) is 29.1 Å². The molecule has 1 aromatic rings. The van der Waals surface area contributed by atoms with Crippen molar-refractivity contribution >= 4 is 11.5 Å². The van der Waals surface area contributed by atoms with Crippen LogP contribution in [0.5, 0.6) is 5.88 Å². The lowest BCUT2D eigenvalue weighted by Crippen LogP contribution is -2.18. The first-order valence-corrected chi connectivity index (χ1v) is 6.75. The molecule has 2 atom stereocenters. The number of rotatable bonds is 5. The average Bonchev–Trinajstić information content (AvgIpc) is 2.94. The summed E-state index contributed by atoms with van der Waals surface area (Å²) < 4.78 is 10.8. The fraction of sp³-hybridized carbons (Fsp3) is 0.692. The van der Waals surface area contributed by atoms with Crippen LogP contribution >= 0.6 is 0 Å². The van der Waals surface area contributed by atoms with Crippen LogP contribution in [0.1, 0.15) is 45.0 Å². The molecule has 0 saturated carbocycles. The van der Waals surface area contributed by atoms with Crippen molar-refractivity contribution < 1.29 is 9.47 Å². The first-order chi connectivity index (χ1) is 9.15. The largest absolute Gasteiger partial charge is 0.479 e. The number of nitrogens with one attached hydrogen (secondary N) is 1. The Balaban J connectivity index is 2.31. The van der Waals surface area contributed by atoms with Crippen LogP contribution in [-0.2, 0) is 4.74 Å². The zero-order chi connectivity index (χ0) is 13.8. The molecule has 19 heavy (non-hydrogen) atoms. The van der Waals surface area contributed by atoms with Gasteiger partial charge in [0.25, 0.3) is 0 Å². The zero-order valence-corrected chi connectivity index (χ0v) is 11.8. The van der Waals surface area contributed by atoms with E-state index < -0.39 is 0 Å². The number of nitrogen functional groups attached to an aromatic ring is 1. The highest BCUT2D eigenvalue weighted by Gasteiger charge is 2.24. The second-order valence-corrected chi connectivity index (χ2v) is 4.81. The minimum Gasteiger partial charge on any atom is -0.479 e. The lowest BCUT2D eigenvalue weighted by atomic mass is 10.2. The first-order valence-electron chi connectivity index (χ1n) is 6.75. The molecular formula is C13H22N4O2. The number of anilines is 2. The number of aromatic nitrogens is 2. The monoisotopic (exact) mass is 266 g/mol. The molecule has 1 aliphatic heterocycles. The van der Waals surface area contributed by atoms with Crippen LogP contribution in [-0.4, -0.2) is 29.7 Å². The van der Waals surface area contributed by atoms with Gasteiger partial charge in [0.05, 0.1) is 7.11 Å². The molecular weight excluding hydrogens is 244 g/mol. The van der Waals surface area contributed by atoms with Crippen molar-refractivity contribution in [2.75, 3.05) is 24.8 Å². The molecule has 0 radical (unpaired) electrons. The third kappa shape index (κ3) is 3.07. The van der Waals surface area contributed by atoms with Gasteiger partial charge in [-0.15, -0.1) is 0 Å². The van der Waals surface area contributed by atoms with Crippen molar-refractivity contribution in [2.45, 2.75) is 45.3 Å². The lowest BCUT2D eigenvalue weighted by molar-refractivity contribution is 0.104. The molecule has 3 N–H and O–H groups in total. The van der Waals surface area contributed by atoms with E-state index in [-0.39, 0.29) is 6.10 Å². The van der Waals surface area contributed by atoms with Crippen LogP contribution < -0.4 is 15.8 Å². The summed E-state index contributed by atoms with van der Waals surface area (Å²) in [7, 11) is 1.56. The van der Waals surface area contributed by atoms with Gasteiger partial charge in [0.1, 0.15) is 11.8 Å². The molecule has 2 heterocycles. The molecule has 0 spiro atoms. The van der Waals surface area contributed by atoms with Gasteiger partial charge in [-0.1, -0.05) is 6.92 Å². The fourth-order valence-corrected chi connectivity index (χ4v) is 1.99. The van der Waals surface area contributed by atoms with E-state index in [1.165, 1.54) is 0 Å². The molecule has 1 aliphatic rings. The summed E-state index contributed by atoms with van der Waals surface area (Å²) in [4.78, 5) is 8.84. The predicted molar refractivity (Wildman–Crippen MR) is 74.3 cm³/mol. The molecule has 0 aromatic carbocycles. The summed E-state index contributed by atoms with van der Waals surface area (Å²) in [6.07, 6.45) is 2.91. The number of nitrogens with zero attached hydrogens (tertiary/aromatic N) is 2.